The lowest BCUT2D eigenvalue weighted by Crippen LogP contribution is -2.28. The first-order valence-electron chi connectivity index (χ1n) is 8.37. The average molecular weight is 388 g/mol. The van der Waals surface area contributed by atoms with Gasteiger partial charge in [-0.25, -0.2) is 4.98 Å². The summed E-state index contributed by atoms with van der Waals surface area (Å²) in [5.41, 5.74) is 1.83. The second-order valence-electron chi connectivity index (χ2n) is 6.26. The fraction of sp³-hybridized carbons (Fsp3) is 0.263. The Balaban J connectivity index is 1.51. The number of carbonyl (C=O) groups excluding carboxylic acids is 3. The van der Waals surface area contributed by atoms with Crippen LogP contribution in [0.3, 0.4) is 0 Å². The standard InChI is InChI=1S/C19H18ClN3O4/c1-12-2-5-15(6-3-12)23-10-13(8-18(23)25)19(26)27-11-17(24)22-16-7-4-14(20)9-21-16/h2-7,9,13H,8,10-11H2,1H3,(H,21,22,24)/t13-/m1/s1. The topological polar surface area (TPSA) is 88.6 Å². The van der Waals surface area contributed by atoms with E-state index in [2.05, 4.69) is 10.3 Å². The van der Waals surface area contributed by atoms with Crippen molar-refractivity contribution in [3.05, 3.63) is 53.2 Å². The van der Waals surface area contributed by atoms with E-state index >= 15 is 0 Å². The largest absolute Gasteiger partial charge is 0.455 e. The molecule has 0 saturated carbocycles. The van der Waals surface area contributed by atoms with Gasteiger partial charge in [-0.2, -0.15) is 0 Å². The number of amides is 2. The number of nitrogens with zero attached hydrogens (tertiary/aromatic N) is 2. The van der Waals surface area contributed by atoms with Crippen LogP contribution < -0.4 is 10.2 Å². The summed E-state index contributed by atoms with van der Waals surface area (Å²) in [6.45, 7) is 1.75. The van der Waals surface area contributed by atoms with Crippen LogP contribution in [0.5, 0.6) is 0 Å². The van der Waals surface area contributed by atoms with Gasteiger partial charge in [0.25, 0.3) is 5.91 Å². The van der Waals surface area contributed by atoms with Gasteiger partial charge in [0.15, 0.2) is 6.61 Å². The van der Waals surface area contributed by atoms with Crippen molar-refractivity contribution in [3.63, 3.8) is 0 Å². The van der Waals surface area contributed by atoms with Crippen molar-refractivity contribution in [1.29, 1.82) is 0 Å². The number of esters is 1. The third kappa shape index (κ3) is 4.83. The predicted octanol–water partition coefficient (Wildman–Crippen LogP) is 2.58. The number of aromatic nitrogens is 1. The smallest absolute Gasteiger partial charge is 0.311 e. The molecule has 0 aliphatic carbocycles. The third-order valence-corrected chi connectivity index (χ3v) is 4.37. The van der Waals surface area contributed by atoms with Gasteiger partial charge in [0.2, 0.25) is 5.91 Å². The molecule has 1 atom stereocenters. The number of pyridine rings is 1. The zero-order chi connectivity index (χ0) is 19.4. The second kappa shape index (κ2) is 8.18. The van der Waals surface area contributed by atoms with Crippen LogP contribution in [-0.4, -0.2) is 35.9 Å². The van der Waals surface area contributed by atoms with Crippen molar-refractivity contribution in [2.24, 2.45) is 5.92 Å². The van der Waals surface area contributed by atoms with Crippen LogP contribution >= 0.6 is 11.6 Å². The lowest BCUT2D eigenvalue weighted by Gasteiger charge is -2.16. The van der Waals surface area contributed by atoms with Crippen LogP contribution in [0.4, 0.5) is 11.5 Å². The van der Waals surface area contributed by atoms with Crippen LogP contribution in [0.25, 0.3) is 0 Å². The highest BCUT2D eigenvalue weighted by Gasteiger charge is 2.36. The van der Waals surface area contributed by atoms with E-state index in [0.29, 0.717) is 10.8 Å². The highest BCUT2D eigenvalue weighted by Crippen LogP contribution is 2.26. The fourth-order valence-electron chi connectivity index (χ4n) is 2.72. The molecule has 27 heavy (non-hydrogen) atoms. The Kier molecular flexibility index (Phi) is 5.71. The first-order chi connectivity index (χ1) is 12.9. The van der Waals surface area contributed by atoms with E-state index < -0.39 is 24.4 Å². The minimum Gasteiger partial charge on any atom is -0.455 e. The molecule has 1 aromatic heterocycles. The number of nitrogens with one attached hydrogen (secondary N) is 1. The van der Waals surface area contributed by atoms with Gasteiger partial charge in [0.1, 0.15) is 5.82 Å². The number of benzene rings is 1. The maximum absolute atomic E-state index is 12.2. The number of aryl methyl sites for hydroxylation is 1. The second-order valence-corrected chi connectivity index (χ2v) is 6.69. The van der Waals surface area contributed by atoms with Crippen molar-refractivity contribution in [3.8, 4) is 0 Å². The van der Waals surface area contributed by atoms with Crippen LogP contribution in [0.2, 0.25) is 5.02 Å². The molecule has 140 valence electrons. The van der Waals surface area contributed by atoms with Crippen molar-refractivity contribution < 1.29 is 19.1 Å². The van der Waals surface area contributed by atoms with Crippen LogP contribution in [0, 0.1) is 12.8 Å². The summed E-state index contributed by atoms with van der Waals surface area (Å²) in [5, 5.41) is 2.95. The zero-order valence-electron chi connectivity index (χ0n) is 14.6. The molecule has 2 amide bonds. The van der Waals surface area contributed by atoms with Gasteiger partial charge in [-0.1, -0.05) is 29.3 Å². The molecule has 2 heterocycles. The Bertz CT molecular complexity index is 852. The van der Waals surface area contributed by atoms with E-state index in [1.807, 2.05) is 31.2 Å². The van der Waals surface area contributed by atoms with E-state index in [-0.39, 0.29) is 18.9 Å². The monoisotopic (exact) mass is 387 g/mol. The maximum Gasteiger partial charge on any atom is 0.311 e. The lowest BCUT2D eigenvalue weighted by molar-refractivity contribution is -0.151. The zero-order valence-corrected chi connectivity index (χ0v) is 15.4. The maximum atomic E-state index is 12.2. The first-order valence-corrected chi connectivity index (χ1v) is 8.75. The number of carbonyl (C=O) groups is 3. The van der Waals surface area contributed by atoms with Gasteiger partial charge in [-0.3, -0.25) is 14.4 Å². The Morgan fingerprint density at radius 2 is 2.00 bits per heavy atom. The van der Waals surface area contributed by atoms with Crippen molar-refractivity contribution >= 4 is 40.9 Å². The van der Waals surface area contributed by atoms with Crippen LogP contribution in [0.1, 0.15) is 12.0 Å². The van der Waals surface area contributed by atoms with Crippen LogP contribution in [-0.2, 0) is 19.1 Å². The summed E-state index contributed by atoms with van der Waals surface area (Å²) in [6, 6.07) is 10.6. The fourth-order valence-corrected chi connectivity index (χ4v) is 2.83. The first kappa shape index (κ1) is 18.8. The van der Waals surface area contributed by atoms with Crippen molar-refractivity contribution in [1.82, 2.24) is 4.98 Å². The minimum absolute atomic E-state index is 0.0626. The molecule has 1 N–H and O–H groups in total. The molecular formula is C19H18ClN3O4. The van der Waals surface area contributed by atoms with Gasteiger partial charge >= 0.3 is 5.97 Å². The van der Waals surface area contributed by atoms with E-state index in [1.165, 1.54) is 12.3 Å². The van der Waals surface area contributed by atoms with E-state index in [9.17, 15) is 14.4 Å². The van der Waals surface area contributed by atoms with E-state index in [0.717, 1.165) is 11.3 Å². The minimum atomic E-state index is -0.597. The number of halogens is 1. The molecule has 2 aromatic rings. The summed E-state index contributed by atoms with van der Waals surface area (Å²) in [7, 11) is 0. The molecule has 0 spiro atoms. The summed E-state index contributed by atoms with van der Waals surface area (Å²) in [5.74, 6) is -1.52. The predicted molar refractivity (Wildman–Crippen MR) is 100 cm³/mol. The Labute approximate surface area is 161 Å². The summed E-state index contributed by atoms with van der Waals surface area (Å²) in [6.07, 6.45) is 1.46. The quantitative estimate of drug-likeness (QED) is 0.796. The number of ether oxygens (including phenoxy) is 1. The van der Waals surface area contributed by atoms with Gasteiger partial charge in [0.05, 0.1) is 10.9 Å². The van der Waals surface area contributed by atoms with Crippen LogP contribution in [0.15, 0.2) is 42.6 Å². The molecule has 0 bridgehead atoms. The molecule has 1 aliphatic rings. The number of rotatable bonds is 5. The van der Waals surface area contributed by atoms with E-state index in [1.54, 1.807) is 11.0 Å². The van der Waals surface area contributed by atoms with Crippen molar-refractivity contribution in [2.75, 3.05) is 23.4 Å². The SMILES string of the molecule is Cc1ccc(N2C[C@H](C(=O)OCC(=O)Nc3ccc(Cl)cn3)CC2=O)cc1. The molecule has 0 unspecified atom stereocenters. The number of hydrogen-bond acceptors (Lipinski definition) is 5. The van der Waals surface area contributed by atoms with Gasteiger partial charge < -0.3 is 15.0 Å². The van der Waals surface area contributed by atoms with Crippen molar-refractivity contribution in [2.45, 2.75) is 13.3 Å². The lowest BCUT2D eigenvalue weighted by atomic mass is 10.1. The van der Waals surface area contributed by atoms with Gasteiger partial charge in [-0.05, 0) is 31.2 Å². The number of anilines is 2. The molecule has 7 nitrogen and oxygen atoms in total. The van der Waals surface area contributed by atoms with E-state index in [4.69, 9.17) is 16.3 Å². The highest BCUT2D eigenvalue weighted by atomic mass is 35.5. The number of hydrogen-bond donors (Lipinski definition) is 1. The third-order valence-electron chi connectivity index (χ3n) is 4.14. The Morgan fingerprint density at radius 1 is 1.26 bits per heavy atom. The molecular weight excluding hydrogens is 370 g/mol. The summed E-state index contributed by atoms with van der Waals surface area (Å²) in [4.78, 5) is 41.8. The average Bonchev–Trinajstić information content (AvgIpc) is 3.04. The molecule has 0 radical (unpaired) electrons. The summed E-state index contributed by atoms with van der Waals surface area (Å²) < 4.78 is 5.05. The molecule has 3 rings (SSSR count). The molecule has 1 aliphatic heterocycles. The molecule has 1 saturated heterocycles. The van der Waals surface area contributed by atoms with Gasteiger partial charge in [-0.15, -0.1) is 0 Å². The molecule has 1 aromatic carbocycles. The molecule has 1 fully saturated rings. The Hall–Kier alpha value is -2.93. The Morgan fingerprint density at radius 3 is 2.67 bits per heavy atom. The summed E-state index contributed by atoms with van der Waals surface area (Å²) >= 11 is 5.72. The molecule has 8 heteroatoms. The van der Waals surface area contributed by atoms with Gasteiger partial charge in [0, 0.05) is 24.8 Å². The highest BCUT2D eigenvalue weighted by molar-refractivity contribution is 6.30. The normalized spacial score (nSPS) is 16.3.